The number of hydrogen-bond donors (Lipinski definition) is 1. The third kappa shape index (κ3) is 4.59. The lowest BCUT2D eigenvalue weighted by Gasteiger charge is -2.38. The zero-order chi connectivity index (χ0) is 22.8. The smallest absolute Gasteiger partial charge is 0.248 e. The van der Waals surface area contributed by atoms with Crippen molar-refractivity contribution < 1.29 is 9.53 Å². The van der Waals surface area contributed by atoms with E-state index in [0.717, 1.165) is 83.9 Å². The van der Waals surface area contributed by atoms with Crippen molar-refractivity contribution in [3.05, 3.63) is 58.7 Å². The summed E-state index contributed by atoms with van der Waals surface area (Å²) in [6.07, 6.45) is 3.06. The number of hydrogen-bond acceptors (Lipinski definition) is 5. The van der Waals surface area contributed by atoms with E-state index < -0.39 is 0 Å². The van der Waals surface area contributed by atoms with Gasteiger partial charge in [-0.25, -0.2) is 0 Å². The molecule has 33 heavy (non-hydrogen) atoms. The first kappa shape index (κ1) is 22.2. The molecular weight excluding hydrogens is 412 g/mol. The van der Waals surface area contributed by atoms with Crippen LogP contribution >= 0.6 is 0 Å². The molecule has 1 atom stereocenters. The van der Waals surface area contributed by atoms with Gasteiger partial charge in [-0.1, -0.05) is 19.1 Å². The number of primary amides is 1. The zero-order valence-electron chi connectivity index (χ0n) is 19.8. The molecule has 0 bridgehead atoms. The van der Waals surface area contributed by atoms with Gasteiger partial charge in [-0.05, 0) is 72.7 Å². The fourth-order valence-corrected chi connectivity index (χ4v) is 5.77. The summed E-state index contributed by atoms with van der Waals surface area (Å²) in [7, 11) is 0. The predicted molar refractivity (Wildman–Crippen MR) is 134 cm³/mol. The Morgan fingerprint density at radius 3 is 2.55 bits per heavy atom. The van der Waals surface area contributed by atoms with Gasteiger partial charge in [0.25, 0.3) is 0 Å². The molecule has 6 heteroatoms. The Hall–Kier alpha value is -2.57. The Labute approximate surface area is 197 Å². The van der Waals surface area contributed by atoms with E-state index in [0.29, 0.717) is 11.5 Å². The summed E-state index contributed by atoms with van der Waals surface area (Å²) in [6.45, 7) is 11.0. The van der Waals surface area contributed by atoms with E-state index in [2.05, 4.69) is 45.9 Å². The van der Waals surface area contributed by atoms with E-state index in [1.54, 1.807) is 0 Å². The number of fused-ring (bicyclic) bond motifs is 1. The maximum absolute atomic E-state index is 12.3. The highest BCUT2D eigenvalue weighted by atomic mass is 16.5. The minimum atomic E-state index is -0.326. The number of nitrogens with two attached hydrogens (primary N) is 1. The summed E-state index contributed by atoms with van der Waals surface area (Å²) in [5.74, 6) is -0.0210. The van der Waals surface area contributed by atoms with E-state index in [-0.39, 0.29) is 5.91 Å². The van der Waals surface area contributed by atoms with Crippen molar-refractivity contribution in [2.75, 3.05) is 68.8 Å². The highest BCUT2D eigenvalue weighted by molar-refractivity contribution is 5.95. The molecule has 2 aliphatic heterocycles. The third-order valence-electron chi connectivity index (χ3n) is 7.74. The number of carbonyl (C=O) groups is 1. The van der Waals surface area contributed by atoms with Gasteiger partial charge in [0.1, 0.15) is 0 Å². The van der Waals surface area contributed by atoms with Crippen molar-refractivity contribution in [1.82, 2.24) is 4.90 Å². The molecule has 2 fully saturated rings. The standard InChI is InChI=1S/C27H36N4O2/c1-2-29-10-12-31(13-11-29)26-5-3-4-20-6-7-21(18-25(20)26)24-19-22(8-9-23(24)27(28)32)30-14-16-33-17-15-30/h3-5,8-9,19,21H,2,6-7,10-18H2,1H3,(H2,28,32). The first-order chi connectivity index (χ1) is 16.1. The minimum Gasteiger partial charge on any atom is -0.378 e. The monoisotopic (exact) mass is 448 g/mol. The molecular formula is C27H36N4O2. The van der Waals surface area contributed by atoms with Crippen molar-refractivity contribution in [3.8, 4) is 0 Å². The quantitative estimate of drug-likeness (QED) is 0.762. The first-order valence-electron chi connectivity index (χ1n) is 12.5. The molecule has 1 aliphatic carbocycles. The van der Waals surface area contributed by atoms with E-state index in [1.807, 2.05) is 12.1 Å². The van der Waals surface area contributed by atoms with Crippen LogP contribution in [0.5, 0.6) is 0 Å². The molecule has 1 amide bonds. The van der Waals surface area contributed by atoms with Crippen LogP contribution in [0.25, 0.3) is 0 Å². The van der Waals surface area contributed by atoms with Crippen LogP contribution in [0.4, 0.5) is 11.4 Å². The van der Waals surface area contributed by atoms with Crippen molar-refractivity contribution >= 4 is 17.3 Å². The number of likely N-dealkylation sites (N-methyl/N-ethyl adjacent to an activating group) is 1. The number of ether oxygens (including phenoxy) is 1. The largest absolute Gasteiger partial charge is 0.378 e. The number of rotatable bonds is 5. The van der Waals surface area contributed by atoms with Crippen LogP contribution in [0.3, 0.4) is 0 Å². The van der Waals surface area contributed by atoms with E-state index in [1.165, 1.54) is 22.5 Å². The Kier molecular flexibility index (Phi) is 6.56. The van der Waals surface area contributed by atoms with Crippen molar-refractivity contribution in [3.63, 3.8) is 0 Å². The number of carbonyl (C=O) groups excluding carboxylic acids is 1. The molecule has 5 rings (SSSR count). The number of amides is 1. The highest BCUT2D eigenvalue weighted by Gasteiger charge is 2.28. The number of piperazine rings is 1. The number of nitrogens with zero attached hydrogens (tertiary/aromatic N) is 3. The van der Waals surface area contributed by atoms with Gasteiger partial charge < -0.3 is 25.2 Å². The van der Waals surface area contributed by atoms with Crippen LogP contribution in [0, 0.1) is 0 Å². The molecule has 6 nitrogen and oxygen atoms in total. The average Bonchev–Trinajstić information content (AvgIpc) is 2.88. The molecule has 0 aromatic heterocycles. The topological polar surface area (TPSA) is 62.0 Å². The number of morpholine rings is 1. The fourth-order valence-electron chi connectivity index (χ4n) is 5.77. The van der Waals surface area contributed by atoms with Crippen LogP contribution in [0.1, 0.15) is 46.3 Å². The van der Waals surface area contributed by atoms with Crippen LogP contribution in [-0.4, -0.2) is 69.8 Å². The number of benzene rings is 2. The maximum Gasteiger partial charge on any atom is 0.248 e. The van der Waals surface area contributed by atoms with E-state index >= 15 is 0 Å². The maximum atomic E-state index is 12.3. The number of anilines is 2. The molecule has 2 heterocycles. The van der Waals surface area contributed by atoms with Gasteiger partial charge in [0.15, 0.2) is 0 Å². The van der Waals surface area contributed by atoms with Crippen LogP contribution in [0.2, 0.25) is 0 Å². The fraction of sp³-hybridized carbons (Fsp3) is 0.519. The van der Waals surface area contributed by atoms with Gasteiger partial charge in [0.2, 0.25) is 5.91 Å². The van der Waals surface area contributed by atoms with Crippen molar-refractivity contribution in [2.45, 2.75) is 32.1 Å². The van der Waals surface area contributed by atoms with Gasteiger partial charge in [-0.2, -0.15) is 0 Å². The molecule has 2 N–H and O–H groups in total. The molecule has 176 valence electrons. The molecule has 1 unspecified atom stereocenters. The predicted octanol–water partition coefficient (Wildman–Crippen LogP) is 3.04. The lowest BCUT2D eigenvalue weighted by atomic mass is 9.77. The summed E-state index contributed by atoms with van der Waals surface area (Å²) in [5.41, 5.74) is 13.1. The summed E-state index contributed by atoms with van der Waals surface area (Å²) >= 11 is 0. The molecule has 2 aromatic carbocycles. The van der Waals surface area contributed by atoms with Crippen LogP contribution in [-0.2, 0) is 17.6 Å². The Morgan fingerprint density at radius 1 is 1.03 bits per heavy atom. The van der Waals surface area contributed by atoms with Gasteiger partial charge >= 0.3 is 0 Å². The third-order valence-corrected chi connectivity index (χ3v) is 7.74. The van der Waals surface area contributed by atoms with E-state index in [9.17, 15) is 4.79 Å². The Morgan fingerprint density at radius 2 is 1.82 bits per heavy atom. The molecule has 3 aliphatic rings. The summed E-state index contributed by atoms with van der Waals surface area (Å²) in [4.78, 5) is 19.8. The van der Waals surface area contributed by atoms with Crippen LogP contribution < -0.4 is 15.5 Å². The lowest BCUT2D eigenvalue weighted by molar-refractivity contribution is 0.0998. The average molecular weight is 449 g/mol. The Bertz CT molecular complexity index is 994. The van der Waals surface area contributed by atoms with Crippen molar-refractivity contribution in [1.29, 1.82) is 0 Å². The molecule has 0 spiro atoms. The second-order valence-corrected chi connectivity index (χ2v) is 9.51. The Balaban J connectivity index is 1.44. The molecule has 0 saturated carbocycles. The van der Waals surface area contributed by atoms with Crippen LogP contribution in [0.15, 0.2) is 36.4 Å². The highest BCUT2D eigenvalue weighted by Crippen LogP contribution is 2.40. The lowest BCUT2D eigenvalue weighted by Crippen LogP contribution is -2.46. The molecule has 2 aromatic rings. The van der Waals surface area contributed by atoms with Gasteiger partial charge in [0, 0.05) is 56.2 Å². The van der Waals surface area contributed by atoms with Crippen molar-refractivity contribution in [2.24, 2.45) is 5.73 Å². The normalized spacial score (nSPS) is 21.7. The summed E-state index contributed by atoms with van der Waals surface area (Å²) in [5, 5.41) is 0. The second kappa shape index (κ2) is 9.74. The summed E-state index contributed by atoms with van der Waals surface area (Å²) in [6, 6.07) is 13.0. The minimum absolute atomic E-state index is 0.305. The summed E-state index contributed by atoms with van der Waals surface area (Å²) < 4.78 is 5.53. The van der Waals surface area contributed by atoms with Gasteiger partial charge in [0.05, 0.1) is 13.2 Å². The SMILES string of the molecule is CCN1CCN(c2cccc3c2CC(c2cc(N4CCOCC4)ccc2C(N)=O)CC3)CC1. The van der Waals surface area contributed by atoms with Gasteiger partial charge in [-0.3, -0.25) is 4.79 Å². The molecule has 0 radical (unpaired) electrons. The number of aryl methyl sites for hydroxylation is 1. The second-order valence-electron chi connectivity index (χ2n) is 9.51. The van der Waals surface area contributed by atoms with Gasteiger partial charge in [-0.15, -0.1) is 0 Å². The van der Waals surface area contributed by atoms with E-state index in [4.69, 9.17) is 10.5 Å². The first-order valence-corrected chi connectivity index (χ1v) is 12.5. The zero-order valence-corrected chi connectivity index (χ0v) is 19.8. The molecule has 2 saturated heterocycles.